The van der Waals surface area contributed by atoms with E-state index in [-0.39, 0.29) is 12.5 Å². The number of hydrogen-bond acceptors (Lipinski definition) is 5. The van der Waals surface area contributed by atoms with Crippen molar-refractivity contribution >= 4 is 34.8 Å². The lowest BCUT2D eigenvalue weighted by Gasteiger charge is -2.14. The quantitative estimate of drug-likeness (QED) is 0.805. The molecule has 2 aromatic rings. The molecule has 130 valence electrons. The molecule has 0 aliphatic rings. The fraction of sp³-hybridized carbons (Fsp3) is 0.438. The molecule has 0 radical (unpaired) electrons. The summed E-state index contributed by atoms with van der Waals surface area (Å²) >= 11 is 11.8. The number of nitrogens with zero attached hydrogens (tertiary/aromatic N) is 3. The van der Waals surface area contributed by atoms with Crippen molar-refractivity contribution in [2.75, 3.05) is 18.9 Å². The number of aromatic nitrogens is 2. The van der Waals surface area contributed by atoms with E-state index in [0.29, 0.717) is 39.9 Å². The van der Waals surface area contributed by atoms with Gasteiger partial charge in [0.15, 0.2) is 5.82 Å². The minimum Gasteiger partial charge on any atom is -0.338 e. The number of hydrogen-bond donors (Lipinski definition) is 1. The maximum atomic E-state index is 12.1. The van der Waals surface area contributed by atoms with Crippen LogP contribution in [0, 0.1) is 5.92 Å². The van der Waals surface area contributed by atoms with Crippen molar-refractivity contribution in [3.63, 3.8) is 0 Å². The third-order valence-electron chi connectivity index (χ3n) is 3.12. The van der Waals surface area contributed by atoms with E-state index < -0.39 is 0 Å². The molecule has 0 fully saturated rings. The summed E-state index contributed by atoms with van der Waals surface area (Å²) in [6.07, 6.45) is 0.769. The Morgan fingerprint density at radius 3 is 2.75 bits per heavy atom. The van der Waals surface area contributed by atoms with Gasteiger partial charge in [0.2, 0.25) is 11.8 Å². The van der Waals surface area contributed by atoms with Crippen LogP contribution in [0.1, 0.15) is 25.6 Å². The van der Waals surface area contributed by atoms with Gasteiger partial charge in [-0.3, -0.25) is 9.69 Å². The second-order valence-electron chi connectivity index (χ2n) is 6.05. The van der Waals surface area contributed by atoms with E-state index in [0.717, 1.165) is 6.42 Å². The van der Waals surface area contributed by atoms with E-state index in [1.54, 1.807) is 30.1 Å². The van der Waals surface area contributed by atoms with Gasteiger partial charge in [0.25, 0.3) is 0 Å². The number of carbonyl (C=O) groups is 1. The van der Waals surface area contributed by atoms with Gasteiger partial charge in [0, 0.05) is 12.1 Å². The molecule has 1 heterocycles. The smallest absolute Gasteiger partial charge is 0.240 e. The lowest BCUT2D eigenvalue weighted by atomic mass is 10.1. The van der Waals surface area contributed by atoms with Crippen LogP contribution in [0.25, 0.3) is 0 Å². The molecule has 0 saturated heterocycles. The molecule has 0 spiro atoms. The van der Waals surface area contributed by atoms with Crippen molar-refractivity contribution in [3.05, 3.63) is 40.0 Å². The Kier molecular flexibility index (Phi) is 6.60. The number of benzene rings is 1. The van der Waals surface area contributed by atoms with Crippen LogP contribution < -0.4 is 5.32 Å². The third-order valence-corrected chi connectivity index (χ3v) is 3.86. The minimum absolute atomic E-state index is 0.169. The van der Waals surface area contributed by atoms with Crippen LogP contribution in [-0.2, 0) is 17.8 Å². The van der Waals surface area contributed by atoms with Crippen molar-refractivity contribution in [2.24, 2.45) is 5.92 Å². The molecule has 6 nitrogen and oxygen atoms in total. The predicted octanol–water partition coefficient (Wildman–Crippen LogP) is 3.65. The van der Waals surface area contributed by atoms with E-state index in [4.69, 9.17) is 27.7 Å². The standard InChI is InChI=1S/C16H20Cl2N4O2/c1-10(2)6-14-20-16(24-21-14)9-22(3)8-15(23)19-11-4-5-12(17)13(18)7-11/h4-5,7,10H,6,8-9H2,1-3H3,(H,19,23). The largest absolute Gasteiger partial charge is 0.338 e. The van der Waals surface area contributed by atoms with Gasteiger partial charge < -0.3 is 9.84 Å². The second kappa shape index (κ2) is 8.46. The average molecular weight is 371 g/mol. The summed E-state index contributed by atoms with van der Waals surface area (Å²) < 4.78 is 5.20. The molecule has 1 aromatic carbocycles. The summed E-state index contributed by atoms with van der Waals surface area (Å²) in [5, 5.41) is 7.54. The zero-order valence-corrected chi connectivity index (χ0v) is 15.4. The first-order chi connectivity index (χ1) is 11.3. The Morgan fingerprint density at radius 1 is 1.33 bits per heavy atom. The summed E-state index contributed by atoms with van der Waals surface area (Å²) in [5.41, 5.74) is 0.597. The maximum absolute atomic E-state index is 12.1. The summed E-state index contributed by atoms with van der Waals surface area (Å²) in [7, 11) is 1.81. The number of nitrogens with one attached hydrogen (secondary N) is 1. The normalized spacial score (nSPS) is 11.3. The molecule has 1 N–H and O–H groups in total. The highest BCUT2D eigenvalue weighted by atomic mass is 35.5. The lowest BCUT2D eigenvalue weighted by Crippen LogP contribution is -2.29. The first-order valence-electron chi connectivity index (χ1n) is 7.58. The van der Waals surface area contributed by atoms with Crippen LogP contribution in [0.15, 0.2) is 22.7 Å². The average Bonchev–Trinajstić information content (AvgIpc) is 2.88. The van der Waals surface area contributed by atoms with Crippen LogP contribution in [0.3, 0.4) is 0 Å². The number of halogens is 2. The highest BCUT2D eigenvalue weighted by Crippen LogP contribution is 2.24. The van der Waals surface area contributed by atoms with Crippen molar-refractivity contribution in [2.45, 2.75) is 26.8 Å². The Labute approximate surface area is 151 Å². The Bertz CT molecular complexity index is 703. The van der Waals surface area contributed by atoms with Crippen LogP contribution in [0.2, 0.25) is 10.0 Å². The van der Waals surface area contributed by atoms with Gasteiger partial charge in [0.05, 0.1) is 23.1 Å². The van der Waals surface area contributed by atoms with Crippen LogP contribution in [-0.4, -0.2) is 34.5 Å². The molecule has 0 unspecified atom stereocenters. The highest BCUT2D eigenvalue weighted by Gasteiger charge is 2.13. The van der Waals surface area contributed by atoms with Crippen molar-refractivity contribution < 1.29 is 9.32 Å². The molecule has 24 heavy (non-hydrogen) atoms. The second-order valence-corrected chi connectivity index (χ2v) is 6.87. The van der Waals surface area contributed by atoms with Crippen molar-refractivity contribution in [3.8, 4) is 0 Å². The van der Waals surface area contributed by atoms with Crippen molar-refractivity contribution in [1.82, 2.24) is 15.0 Å². The Morgan fingerprint density at radius 2 is 2.08 bits per heavy atom. The summed E-state index contributed by atoms with van der Waals surface area (Å²) in [5.74, 6) is 1.48. The Balaban J connectivity index is 1.84. The van der Waals surface area contributed by atoms with Crippen LogP contribution in [0.5, 0.6) is 0 Å². The summed E-state index contributed by atoms with van der Waals surface area (Å²) in [6.45, 7) is 4.77. The number of rotatable bonds is 7. The van der Waals surface area contributed by atoms with E-state index in [2.05, 4.69) is 29.3 Å². The molecular formula is C16H20Cl2N4O2. The highest BCUT2D eigenvalue weighted by molar-refractivity contribution is 6.42. The van der Waals surface area contributed by atoms with Crippen LogP contribution >= 0.6 is 23.2 Å². The number of amides is 1. The lowest BCUT2D eigenvalue weighted by molar-refractivity contribution is -0.117. The molecule has 2 rings (SSSR count). The fourth-order valence-corrected chi connectivity index (χ4v) is 2.41. The first kappa shape index (κ1) is 18.7. The van der Waals surface area contributed by atoms with Gasteiger partial charge in [-0.1, -0.05) is 42.2 Å². The van der Waals surface area contributed by atoms with Crippen LogP contribution in [0.4, 0.5) is 5.69 Å². The zero-order chi connectivity index (χ0) is 17.7. The maximum Gasteiger partial charge on any atom is 0.240 e. The van der Waals surface area contributed by atoms with Gasteiger partial charge in [-0.25, -0.2) is 0 Å². The first-order valence-corrected chi connectivity index (χ1v) is 8.34. The summed E-state index contributed by atoms with van der Waals surface area (Å²) in [6, 6.07) is 4.94. The molecule has 1 aromatic heterocycles. The number of anilines is 1. The van der Waals surface area contributed by atoms with Gasteiger partial charge in [-0.15, -0.1) is 0 Å². The molecule has 0 aliphatic heterocycles. The van der Waals surface area contributed by atoms with E-state index >= 15 is 0 Å². The molecule has 0 saturated carbocycles. The molecule has 0 bridgehead atoms. The Hall–Kier alpha value is -1.63. The van der Waals surface area contributed by atoms with Gasteiger partial charge >= 0.3 is 0 Å². The van der Waals surface area contributed by atoms with Crippen molar-refractivity contribution in [1.29, 1.82) is 0 Å². The predicted molar refractivity (Wildman–Crippen MR) is 94.3 cm³/mol. The molecule has 8 heteroatoms. The SMILES string of the molecule is CC(C)Cc1noc(CN(C)CC(=O)Nc2ccc(Cl)c(Cl)c2)n1. The van der Waals surface area contributed by atoms with Gasteiger partial charge in [0.1, 0.15) is 0 Å². The summed E-state index contributed by atoms with van der Waals surface area (Å²) in [4.78, 5) is 18.2. The molecule has 0 aliphatic carbocycles. The topological polar surface area (TPSA) is 71.3 Å². The molecular weight excluding hydrogens is 351 g/mol. The molecule has 1 amide bonds. The van der Waals surface area contributed by atoms with Gasteiger partial charge in [-0.2, -0.15) is 4.98 Å². The number of likely N-dealkylation sites (N-methyl/N-ethyl adjacent to an activating group) is 1. The monoisotopic (exact) mass is 370 g/mol. The van der Waals surface area contributed by atoms with E-state index in [9.17, 15) is 4.79 Å². The van der Waals surface area contributed by atoms with E-state index in [1.807, 2.05) is 0 Å². The van der Waals surface area contributed by atoms with Gasteiger partial charge in [-0.05, 0) is 31.2 Å². The zero-order valence-electron chi connectivity index (χ0n) is 13.8. The van der Waals surface area contributed by atoms with E-state index in [1.165, 1.54) is 0 Å². The third kappa shape index (κ3) is 5.78. The molecule has 0 atom stereocenters. The minimum atomic E-state index is -0.169. The number of carbonyl (C=O) groups excluding carboxylic acids is 1. The fourth-order valence-electron chi connectivity index (χ4n) is 2.11.